The zero-order valence-electron chi connectivity index (χ0n) is 19.4. The summed E-state index contributed by atoms with van der Waals surface area (Å²) >= 11 is 0. The maximum atomic E-state index is 12.9. The molecule has 0 saturated carbocycles. The molecule has 1 atom stereocenters. The van der Waals surface area contributed by atoms with E-state index in [0.717, 1.165) is 11.1 Å². The quantitative estimate of drug-likeness (QED) is 0.334. The van der Waals surface area contributed by atoms with Gasteiger partial charge in [-0.1, -0.05) is 60.7 Å². The van der Waals surface area contributed by atoms with E-state index in [0.29, 0.717) is 22.8 Å². The molecule has 0 saturated heterocycles. The smallest absolute Gasteiger partial charge is 0.320 e. The highest BCUT2D eigenvalue weighted by Crippen LogP contribution is 2.38. The number of carboxylic acid groups (broad SMARTS) is 1. The van der Waals surface area contributed by atoms with Crippen molar-refractivity contribution in [2.75, 3.05) is 27.9 Å². The van der Waals surface area contributed by atoms with E-state index in [-0.39, 0.29) is 18.9 Å². The number of carbonyl (C=O) groups is 2. The fraction of sp³-hybridized carbons (Fsp3) is 0.259. The van der Waals surface area contributed by atoms with Crippen molar-refractivity contribution in [3.05, 3.63) is 89.5 Å². The number of methoxy groups -OCH3 is 3. The lowest BCUT2D eigenvalue weighted by atomic mass is 9.92. The molecule has 0 amide bonds. The molecule has 1 N–H and O–H groups in total. The average molecular weight is 465 g/mol. The Morgan fingerprint density at radius 2 is 1.29 bits per heavy atom. The van der Waals surface area contributed by atoms with Crippen LogP contribution >= 0.6 is 0 Å². The van der Waals surface area contributed by atoms with E-state index in [2.05, 4.69) is 0 Å². The maximum Gasteiger partial charge on any atom is 0.320 e. The number of esters is 1. The minimum absolute atomic E-state index is 0.0197. The van der Waals surface area contributed by atoms with E-state index >= 15 is 0 Å². The van der Waals surface area contributed by atoms with Crippen LogP contribution in [0, 0.1) is 5.92 Å². The molecule has 3 rings (SSSR count). The third-order valence-electron chi connectivity index (χ3n) is 5.54. The van der Waals surface area contributed by atoms with Gasteiger partial charge in [0.05, 0.1) is 21.3 Å². The summed E-state index contributed by atoms with van der Waals surface area (Å²) in [7, 11) is 4.42. The molecule has 0 fully saturated rings. The molecule has 7 heteroatoms. The number of ether oxygens (including phenoxy) is 4. The first-order chi connectivity index (χ1) is 16.5. The van der Waals surface area contributed by atoms with Crippen LogP contribution in [0.5, 0.6) is 17.2 Å². The van der Waals surface area contributed by atoms with Gasteiger partial charge in [0.2, 0.25) is 5.75 Å². The molecule has 0 spiro atoms. The van der Waals surface area contributed by atoms with Gasteiger partial charge in [-0.15, -0.1) is 0 Å². The van der Waals surface area contributed by atoms with Crippen LogP contribution in [0.25, 0.3) is 0 Å². The van der Waals surface area contributed by atoms with E-state index in [9.17, 15) is 14.7 Å². The topological polar surface area (TPSA) is 91.3 Å². The molecule has 0 bridgehead atoms. The van der Waals surface area contributed by atoms with Gasteiger partial charge in [0, 0.05) is 5.92 Å². The monoisotopic (exact) mass is 464 g/mol. The highest BCUT2D eigenvalue weighted by atomic mass is 16.5. The van der Waals surface area contributed by atoms with Gasteiger partial charge >= 0.3 is 11.9 Å². The van der Waals surface area contributed by atoms with Gasteiger partial charge in [0.1, 0.15) is 6.61 Å². The zero-order chi connectivity index (χ0) is 24.5. The van der Waals surface area contributed by atoms with Crippen LogP contribution in [0.3, 0.4) is 0 Å². The predicted octanol–water partition coefficient (Wildman–Crippen LogP) is 4.33. The lowest BCUT2D eigenvalue weighted by Gasteiger charge is -2.20. The van der Waals surface area contributed by atoms with Crippen molar-refractivity contribution in [3.8, 4) is 17.2 Å². The lowest BCUT2D eigenvalue weighted by Crippen LogP contribution is -2.29. The van der Waals surface area contributed by atoms with Gasteiger partial charge in [-0.25, -0.2) is 0 Å². The van der Waals surface area contributed by atoms with Gasteiger partial charge in [-0.3, -0.25) is 9.59 Å². The Morgan fingerprint density at radius 3 is 1.71 bits per heavy atom. The van der Waals surface area contributed by atoms with Crippen molar-refractivity contribution >= 4 is 11.9 Å². The highest BCUT2D eigenvalue weighted by Gasteiger charge is 2.30. The second-order valence-corrected chi connectivity index (χ2v) is 7.63. The molecule has 34 heavy (non-hydrogen) atoms. The molecular weight excluding hydrogens is 436 g/mol. The Bertz CT molecular complexity index is 1030. The van der Waals surface area contributed by atoms with Crippen molar-refractivity contribution in [3.63, 3.8) is 0 Å². The first kappa shape index (κ1) is 24.6. The van der Waals surface area contributed by atoms with Crippen LogP contribution in [0.1, 0.15) is 22.6 Å². The summed E-state index contributed by atoms with van der Waals surface area (Å²) in [5, 5.41) is 9.77. The second-order valence-electron chi connectivity index (χ2n) is 7.63. The summed E-state index contributed by atoms with van der Waals surface area (Å²) in [4.78, 5) is 24.9. The standard InChI is InChI=1S/C27H28O7/c1-31-23-15-18(16-24(32-2)25(23)33-3)14-21(26(28)29)27(30)34-17-22(19-10-6-4-7-11-19)20-12-8-5-9-13-20/h4-13,15-16,21-22H,14,17H2,1-3H3,(H,28,29). The summed E-state index contributed by atoms with van der Waals surface area (Å²) < 4.78 is 21.5. The van der Waals surface area contributed by atoms with Crippen molar-refractivity contribution in [2.45, 2.75) is 12.3 Å². The Labute approximate surface area is 198 Å². The van der Waals surface area contributed by atoms with Crippen LogP contribution in [-0.4, -0.2) is 45.0 Å². The maximum absolute atomic E-state index is 12.9. The molecule has 0 aromatic heterocycles. The van der Waals surface area contributed by atoms with Crippen LogP contribution in [-0.2, 0) is 20.7 Å². The van der Waals surface area contributed by atoms with Crippen LogP contribution < -0.4 is 14.2 Å². The zero-order valence-corrected chi connectivity index (χ0v) is 19.4. The Kier molecular flexibility index (Phi) is 8.51. The molecule has 0 aliphatic rings. The minimum atomic E-state index is -1.39. The van der Waals surface area contributed by atoms with Gasteiger partial charge in [0.25, 0.3) is 0 Å². The summed E-state index contributed by atoms with van der Waals surface area (Å²) in [6, 6.07) is 22.6. The average Bonchev–Trinajstić information content (AvgIpc) is 2.87. The van der Waals surface area contributed by atoms with Gasteiger partial charge in [-0.05, 0) is 35.2 Å². The number of hydrogen-bond donors (Lipinski definition) is 1. The minimum Gasteiger partial charge on any atom is -0.493 e. The largest absolute Gasteiger partial charge is 0.493 e. The van der Waals surface area contributed by atoms with E-state index < -0.39 is 17.9 Å². The van der Waals surface area contributed by atoms with Gasteiger partial charge < -0.3 is 24.1 Å². The van der Waals surface area contributed by atoms with Crippen molar-refractivity contribution in [1.82, 2.24) is 0 Å². The number of benzene rings is 3. The van der Waals surface area contributed by atoms with E-state index in [1.807, 2.05) is 60.7 Å². The third-order valence-corrected chi connectivity index (χ3v) is 5.54. The molecule has 178 valence electrons. The fourth-order valence-electron chi connectivity index (χ4n) is 3.78. The van der Waals surface area contributed by atoms with E-state index in [1.165, 1.54) is 21.3 Å². The first-order valence-electron chi connectivity index (χ1n) is 10.8. The van der Waals surface area contributed by atoms with Crippen molar-refractivity contribution in [1.29, 1.82) is 0 Å². The van der Waals surface area contributed by atoms with Crippen LogP contribution in [0.2, 0.25) is 0 Å². The Hall–Kier alpha value is -4.00. The van der Waals surface area contributed by atoms with Gasteiger partial charge in [0.15, 0.2) is 17.4 Å². The number of rotatable bonds is 11. The van der Waals surface area contributed by atoms with Gasteiger partial charge in [-0.2, -0.15) is 0 Å². The van der Waals surface area contributed by atoms with Crippen molar-refractivity contribution < 1.29 is 33.6 Å². The number of hydrogen-bond acceptors (Lipinski definition) is 6. The molecule has 0 aliphatic carbocycles. The summed E-state index contributed by atoms with van der Waals surface area (Å²) in [5.41, 5.74) is 2.48. The summed E-state index contributed by atoms with van der Waals surface area (Å²) in [6.07, 6.45) is -0.0911. The molecule has 0 radical (unpaired) electrons. The van der Waals surface area contributed by atoms with Crippen LogP contribution in [0.15, 0.2) is 72.8 Å². The van der Waals surface area contributed by atoms with E-state index in [1.54, 1.807) is 12.1 Å². The fourth-order valence-corrected chi connectivity index (χ4v) is 3.78. The van der Waals surface area contributed by atoms with Crippen LogP contribution in [0.4, 0.5) is 0 Å². The SMILES string of the molecule is COc1cc(CC(C(=O)O)C(=O)OCC(c2ccccc2)c2ccccc2)cc(OC)c1OC. The molecule has 1 unspecified atom stereocenters. The number of aliphatic carboxylic acids is 1. The highest BCUT2D eigenvalue weighted by molar-refractivity contribution is 5.94. The summed E-state index contributed by atoms with van der Waals surface area (Å²) in [6.45, 7) is 0.0197. The molecule has 3 aromatic carbocycles. The normalized spacial score (nSPS) is 11.5. The predicted molar refractivity (Wildman–Crippen MR) is 127 cm³/mol. The first-order valence-corrected chi connectivity index (χ1v) is 10.8. The Morgan fingerprint density at radius 1 is 0.794 bits per heavy atom. The molecule has 0 aliphatic heterocycles. The Balaban J connectivity index is 1.80. The third kappa shape index (κ3) is 5.86. The molecule has 0 heterocycles. The second kappa shape index (κ2) is 11.7. The summed E-state index contributed by atoms with van der Waals surface area (Å²) in [5.74, 6) is -2.55. The molecule has 3 aromatic rings. The van der Waals surface area contributed by atoms with E-state index in [4.69, 9.17) is 18.9 Å². The number of carbonyl (C=O) groups excluding carboxylic acids is 1. The van der Waals surface area contributed by atoms with Crippen molar-refractivity contribution in [2.24, 2.45) is 5.92 Å². The molecule has 7 nitrogen and oxygen atoms in total. The lowest BCUT2D eigenvalue weighted by molar-refractivity contribution is -0.158. The molecular formula is C27H28O7. The number of carboxylic acids is 1.